The zero-order chi connectivity index (χ0) is 18.2. The second kappa shape index (κ2) is 6.76. The molecule has 8 heteroatoms. The maximum Gasteiger partial charge on any atom is 0.242 e. The van der Waals surface area contributed by atoms with Gasteiger partial charge in [0.15, 0.2) is 0 Å². The third-order valence-corrected chi connectivity index (χ3v) is 5.97. The van der Waals surface area contributed by atoms with Gasteiger partial charge in [0, 0.05) is 13.1 Å². The summed E-state index contributed by atoms with van der Waals surface area (Å²) in [7, 11) is -3.53. The molecule has 1 aromatic carbocycles. The van der Waals surface area contributed by atoms with Gasteiger partial charge in [0.25, 0.3) is 0 Å². The highest BCUT2D eigenvalue weighted by Crippen LogP contribution is 2.21. The summed E-state index contributed by atoms with van der Waals surface area (Å²) in [4.78, 5) is 18.8. The monoisotopic (exact) mass is 365 g/mol. The average molecular weight is 365 g/mol. The number of nitrogens with zero attached hydrogens (tertiary/aromatic N) is 3. The van der Waals surface area contributed by atoms with Gasteiger partial charge < -0.3 is 14.2 Å². The molecular formula is C17H23N3O4S. The molecule has 7 nitrogen and oxygen atoms in total. The van der Waals surface area contributed by atoms with Crippen molar-refractivity contribution in [1.29, 1.82) is 0 Å². The number of hydrogen-bond donors (Lipinski definition) is 0. The van der Waals surface area contributed by atoms with Gasteiger partial charge in [-0.25, -0.2) is 13.4 Å². The normalized spacial score (nSPS) is 21.6. The lowest BCUT2D eigenvalue weighted by atomic mass is 10.2. The molecular weight excluding hydrogens is 342 g/mol. The van der Waals surface area contributed by atoms with Crippen LogP contribution in [-0.2, 0) is 25.9 Å². The molecule has 2 aromatic rings. The van der Waals surface area contributed by atoms with Crippen molar-refractivity contribution in [2.75, 3.05) is 18.8 Å². The van der Waals surface area contributed by atoms with E-state index in [2.05, 4.69) is 4.98 Å². The zero-order valence-electron chi connectivity index (χ0n) is 14.7. The van der Waals surface area contributed by atoms with Crippen LogP contribution in [0.5, 0.6) is 0 Å². The Morgan fingerprint density at radius 3 is 2.52 bits per heavy atom. The number of carbonyl (C=O) groups excluding carboxylic acids is 1. The Balaban J connectivity index is 1.97. The predicted molar refractivity (Wildman–Crippen MR) is 94.0 cm³/mol. The van der Waals surface area contributed by atoms with Crippen LogP contribution in [0.2, 0.25) is 0 Å². The molecule has 1 fully saturated rings. The Hall–Kier alpha value is -1.93. The van der Waals surface area contributed by atoms with Crippen LogP contribution in [0.4, 0.5) is 0 Å². The Morgan fingerprint density at radius 1 is 1.24 bits per heavy atom. The first-order valence-corrected chi connectivity index (χ1v) is 10.1. The molecule has 2 heterocycles. The van der Waals surface area contributed by atoms with Gasteiger partial charge in [-0.15, -0.1) is 0 Å². The number of ether oxygens (including phenoxy) is 1. The van der Waals surface area contributed by atoms with Gasteiger partial charge in [0.1, 0.15) is 6.54 Å². The van der Waals surface area contributed by atoms with Crippen LogP contribution in [0.3, 0.4) is 0 Å². The van der Waals surface area contributed by atoms with Crippen molar-refractivity contribution in [3.63, 3.8) is 0 Å². The van der Waals surface area contributed by atoms with E-state index in [0.29, 0.717) is 24.1 Å². The van der Waals surface area contributed by atoms with Crippen LogP contribution in [0, 0.1) is 0 Å². The van der Waals surface area contributed by atoms with Gasteiger partial charge >= 0.3 is 0 Å². The van der Waals surface area contributed by atoms with E-state index < -0.39 is 9.84 Å². The van der Waals surface area contributed by atoms with E-state index in [1.54, 1.807) is 30.0 Å². The molecule has 1 aliphatic rings. The van der Waals surface area contributed by atoms with Crippen LogP contribution in [0.15, 0.2) is 29.4 Å². The maximum atomic E-state index is 12.8. The Kier molecular flexibility index (Phi) is 4.83. The third-order valence-electron chi connectivity index (χ3n) is 4.34. The lowest BCUT2D eigenvalue weighted by Crippen LogP contribution is -2.49. The number of morpholine rings is 1. The number of fused-ring (bicyclic) bond motifs is 1. The van der Waals surface area contributed by atoms with E-state index in [-0.39, 0.29) is 35.6 Å². The molecule has 136 valence electrons. The average Bonchev–Trinajstić information content (AvgIpc) is 2.93. The highest BCUT2D eigenvalue weighted by molar-refractivity contribution is 7.91. The molecule has 2 atom stereocenters. The maximum absolute atomic E-state index is 12.8. The number of imidazole rings is 1. The standard InChI is InChI=1S/C17H23N3O4S/c1-4-25(22,23)17-18-14-7-5-6-8-15(14)20(17)11-16(21)19-9-12(2)24-13(3)10-19/h5-8,12-13H,4,9-11H2,1-3H3. The lowest BCUT2D eigenvalue weighted by molar-refractivity contribution is -0.143. The fourth-order valence-electron chi connectivity index (χ4n) is 3.19. The van der Waals surface area contributed by atoms with Crippen LogP contribution < -0.4 is 0 Å². The molecule has 0 spiro atoms. The summed E-state index contributed by atoms with van der Waals surface area (Å²) in [6.45, 7) is 6.39. The van der Waals surface area contributed by atoms with E-state index in [4.69, 9.17) is 4.74 Å². The number of para-hydroxylation sites is 2. The first-order valence-electron chi connectivity index (χ1n) is 8.43. The SMILES string of the molecule is CCS(=O)(=O)c1nc2ccccc2n1CC(=O)N1CC(C)OC(C)C1. The second-order valence-electron chi connectivity index (χ2n) is 6.43. The molecule has 1 aliphatic heterocycles. The molecule has 0 saturated carbocycles. The van der Waals surface area contributed by atoms with Crippen molar-refractivity contribution < 1.29 is 17.9 Å². The van der Waals surface area contributed by atoms with E-state index in [1.165, 1.54) is 4.57 Å². The van der Waals surface area contributed by atoms with Crippen molar-refractivity contribution >= 4 is 26.8 Å². The van der Waals surface area contributed by atoms with Gasteiger partial charge in [-0.3, -0.25) is 4.79 Å². The molecule has 3 rings (SSSR count). The summed E-state index contributed by atoms with van der Waals surface area (Å²) in [6.07, 6.45) is -0.0721. The summed E-state index contributed by atoms with van der Waals surface area (Å²) >= 11 is 0. The van der Waals surface area contributed by atoms with Gasteiger partial charge in [0.05, 0.1) is 29.0 Å². The molecule has 0 radical (unpaired) electrons. The fraction of sp³-hybridized carbons (Fsp3) is 0.529. The van der Waals surface area contributed by atoms with Gasteiger partial charge in [-0.1, -0.05) is 19.1 Å². The van der Waals surface area contributed by atoms with Crippen molar-refractivity contribution in [2.24, 2.45) is 0 Å². The number of sulfone groups is 1. The summed E-state index contributed by atoms with van der Waals surface area (Å²) in [6, 6.07) is 7.15. The predicted octanol–water partition coefficient (Wildman–Crippen LogP) is 1.47. The Bertz CT molecular complexity index is 880. The van der Waals surface area contributed by atoms with Crippen LogP contribution >= 0.6 is 0 Å². The number of benzene rings is 1. The summed E-state index contributed by atoms with van der Waals surface area (Å²) in [5.41, 5.74) is 1.23. The summed E-state index contributed by atoms with van der Waals surface area (Å²) in [5, 5.41) is -0.0427. The summed E-state index contributed by atoms with van der Waals surface area (Å²) in [5.74, 6) is -0.187. The molecule has 25 heavy (non-hydrogen) atoms. The number of hydrogen-bond acceptors (Lipinski definition) is 5. The smallest absolute Gasteiger partial charge is 0.242 e. The van der Waals surface area contributed by atoms with E-state index in [0.717, 1.165) is 0 Å². The van der Waals surface area contributed by atoms with Gasteiger partial charge in [-0.05, 0) is 26.0 Å². The number of rotatable bonds is 4. The lowest BCUT2D eigenvalue weighted by Gasteiger charge is -2.35. The molecule has 0 aliphatic carbocycles. The van der Waals surface area contributed by atoms with Gasteiger partial charge in [0.2, 0.25) is 20.9 Å². The number of aromatic nitrogens is 2. The quantitative estimate of drug-likeness (QED) is 0.819. The first-order chi connectivity index (χ1) is 11.8. The molecule has 2 unspecified atom stereocenters. The zero-order valence-corrected chi connectivity index (χ0v) is 15.5. The van der Waals surface area contributed by atoms with Crippen molar-refractivity contribution in [3.05, 3.63) is 24.3 Å². The molecule has 1 amide bonds. The van der Waals surface area contributed by atoms with Crippen molar-refractivity contribution in [1.82, 2.24) is 14.5 Å². The van der Waals surface area contributed by atoms with E-state index in [1.807, 2.05) is 19.9 Å². The van der Waals surface area contributed by atoms with Crippen LogP contribution in [0.1, 0.15) is 20.8 Å². The number of carbonyl (C=O) groups is 1. The second-order valence-corrected chi connectivity index (χ2v) is 8.60. The fourth-order valence-corrected chi connectivity index (χ4v) is 4.18. The van der Waals surface area contributed by atoms with Crippen LogP contribution in [-0.4, -0.2) is 59.8 Å². The highest BCUT2D eigenvalue weighted by atomic mass is 32.2. The molecule has 0 N–H and O–H groups in total. The minimum absolute atomic E-state index is 0.0360. The van der Waals surface area contributed by atoms with E-state index in [9.17, 15) is 13.2 Å². The minimum atomic E-state index is -3.53. The van der Waals surface area contributed by atoms with Crippen molar-refractivity contribution in [2.45, 2.75) is 44.7 Å². The largest absolute Gasteiger partial charge is 0.372 e. The van der Waals surface area contributed by atoms with Crippen molar-refractivity contribution in [3.8, 4) is 0 Å². The van der Waals surface area contributed by atoms with E-state index >= 15 is 0 Å². The highest BCUT2D eigenvalue weighted by Gasteiger charge is 2.28. The molecule has 1 aromatic heterocycles. The topological polar surface area (TPSA) is 81.5 Å². The Morgan fingerprint density at radius 2 is 1.88 bits per heavy atom. The minimum Gasteiger partial charge on any atom is -0.372 e. The van der Waals surface area contributed by atoms with Gasteiger partial charge in [-0.2, -0.15) is 0 Å². The number of amides is 1. The first kappa shape index (κ1) is 17.9. The van der Waals surface area contributed by atoms with Crippen LogP contribution in [0.25, 0.3) is 11.0 Å². The molecule has 0 bridgehead atoms. The Labute approximate surface area is 147 Å². The molecule has 1 saturated heterocycles. The third kappa shape index (κ3) is 3.55. The summed E-state index contributed by atoms with van der Waals surface area (Å²) < 4.78 is 32.0.